The zero-order valence-electron chi connectivity index (χ0n) is 24.8. The van der Waals surface area contributed by atoms with Crippen LogP contribution in [-0.4, -0.2) is 49.9 Å². The van der Waals surface area contributed by atoms with Gasteiger partial charge in [-0.15, -0.1) is 0 Å². The van der Waals surface area contributed by atoms with Gasteiger partial charge in [0.25, 0.3) is 0 Å². The second-order valence-corrected chi connectivity index (χ2v) is 10.8. The highest BCUT2D eigenvalue weighted by atomic mass is 127. The second-order valence-electron chi connectivity index (χ2n) is 9.66. The number of nitriles is 1. The molecule has 1 heterocycles. The van der Waals surface area contributed by atoms with E-state index < -0.39 is 24.3 Å². The fourth-order valence-electron chi connectivity index (χ4n) is 4.45. The molecule has 0 aromatic heterocycles. The molecule has 3 aromatic rings. The summed E-state index contributed by atoms with van der Waals surface area (Å²) < 4.78 is 23.2. The summed E-state index contributed by atoms with van der Waals surface area (Å²) in [5, 5.41) is 29.1. The van der Waals surface area contributed by atoms with E-state index in [9.17, 15) is 20.0 Å². The number of nitrogens with zero attached hydrogens (tertiary/aromatic N) is 2. The molecular formula is C32H32IN5O7. The first-order chi connectivity index (χ1) is 21.7. The van der Waals surface area contributed by atoms with Crippen LogP contribution in [-0.2, 0) is 16.1 Å². The number of aliphatic hydroxyl groups is 1. The summed E-state index contributed by atoms with van der Waals surface area (Å²) in [6.45, 7) is 3.89. The number of methoxy groups -OCH3 is 1. The van der Waals surface area contributed by atoms with Crippen LogP contribution in [0.5, 0.6) is 17.2 Å². The first-order valence-corrected chi connectivity index (χ1v) is 14.9. The number of esters is 1. The lowest BCUT2D eigenvalue weighted by molar-refractivity contribution is -0.136. The Bertz CT molecular complexity index is 1650. The third-order valence-electron chi connectivity index (χ3n) is 6.59. The summed E-state index contributed by atoms with van der Waals surface area (Å²) in [7, 11) is 1.27. The van der Waals surface area contributed by atoms with Crippen LogP contribution in [0, 0.1) is 14.9 Å². The number of nitrogens with one attached hydrogen (secondary N) is 3. The van der Waals surface area contributed by atoms with E-state index in [1.165, 1.54) is 7.11 Å². The third kappa shape index (κ3) is 8.64. The highest BCUT2D eigenvalue weighted by Gasteiger charge is 2.32. The number of hydrogen-bond acceptors (Lipinski definition) is 10. The summed E-state index contributed by atoms with van der Waals surface area (Å²) in [5.41, 5.74) is 6.03. The van der Waals surface area contributed by atoms with E-state index in [-0.39, 0.29) is 18.8 Å². The molecule has 0 radical (unpaired) electrons. The Morgan fingerprint density at radius 2 is 1.91 bits per heavy atom. The standard InChI is InChI=1S/C32H32IN5O7/c1-4-43-27-14-21(30-29(31(40)42-3)19(2)36-32(41)37-30)10-12-26(27)45-18-28(39)38-35-16-20-9-11-25(24(33)13-20)44-17-23-8-6-5-7-22(23)15-34/h5-14,16,28,30,38-39H,4,17-18H2,1-3H3,(H2,36,37,41)/b35-16-/t28-,30-/m0/s1. The van der Waals surface area contributed by atoms with E-state index in [1.807, 2.05) is 43.3 Å². The van der Waals surface area contributed by atoms with Gasteiger partial charge in [-0.2, -0.15) is 10.4 Å². The number of amides is 2. The van der Waals surface area contributed by atoms with Crippen molar-refractivity contribution in [3.8, 4) is 23.3 Å². The molecule has 0 saturated heterocycles. The van der Waals surface area contributed by atoms with Gasteiger partial charge in [0.2, 0.25) is 0 Å². The Kier molecular flexibility index (Phi) is 11.6. The van der Waals surface area contributed by atoms with Crippen molar-refractivity contribution >= 4 is 40.8 Å². The zero-order chi connectivity index (χ0) is 32.3. The van der Waals surface area contributed by atoms with Crippen LogP contribution >= 0.6 is 22.6 Å². The van der Waals surface area contributed by atoms with E-state index in [0.29, 0.717) is 40.7 Å². The first kappa shape index (κ1) is 33.1. The number of halogens is 1. The number of hydrogen-bond donors (Lipinski definition) is 4. The predicted octanol–water partition coefficient (Wildman–Crippen LogP) is 4.26. The van der Waals surface area contributed by atoms with Gasteiger partial charge < -0.3 is 34.7 Å². The first-order valence-electron chi connectivity index (χ1n) is 13.9. The average Bonchev–Trinajstić information content (AvgIpc) is 3.03. The van der Waals surface area contributed by atoms with Gasteiger partial charge in [0.05, 0.1) is 46.7 Å². The molecule has 4 N–H and O–H groups in total. The minimum atomic E-state index is -1.14. The molecule has 45 heavy (non-hydrogen) atoms. The van der Waals surface area contributed by atoms with Crippen molar-refractivity contribution in [3.05, 3.63) is 97.8 Å². The number of carbonyl (C=O) groups is 2. The smallest absolute Gasteiger partial charge is 0.337 e. The van der Waals surface area contributed by atoms with Gasteiger partial charge in [0, 0.05) is 11.3 Å². The summed E-state index contributed by atoms with van der Waals surface area (Å²) in [6.07, 6.45) is 0.417. The van der Waals surface area contributed by atoms with Crippen LogP contribution in [0.4, 0.5) is 4.79 Å². The van der Waals surface area contributed by atoms with E-state index >= 15 is 0 Å². The van der Waals surface area contributed by atoms with Gasteiger partial charge in [-0.1, -0.05) is 24.3 Å². The molecule has 0 bridgehead atoms. The number of carbonyl (C=O) groups excluding carboxylic acids is 2. The predicted molar refractivity (Wildman–Crippen MR) is 174 cm³/mol. The molecule has 2 amide bonds. The van der Waals surface area contributed by atoms with Gasteiger partial charge in [-0.3, -0.25) is 5.43 Å². The minimum Gasteiger partial charge on any atom is -0.490 e. The van der Waals surface area contributed by atoms with Gasteiger partial charge in [0.1, 0.15) is 19.0 Å². The van der Waals surface area contributed by atoms with Gasteiger partial charge in [-0.25, -0.2) is 9.59 Å². The third-order valence-corrected chi connectivity index (χ3v) is 7.43. The maximum absolute atomic E-state index is 12.4. The molecule has 1 aliphatic rings. The summed E-state index contributed by atoms with van der Waals surface area (Å²) in [5.74, 6) is 0.824. The van der Waals surface area contributed by atoms with Crippen molar-refractivity contribution in [2.75, 3.05) is 20.3 Å². The van der Waals surface area contributed by atoms with Crippen molar-refractivity contribution in [2.24, 2.45) is 5.10 Å². The molecule has 0 fully saturated rings. The maximum atomic E-state index is 12.4. The Morgan fingerprint density at radius 3 is 2.64 bits per heavy atom. The maximum Gasteiger partial charge on any atom is 0.337 e. The number of benzene rings is 3. The topological polar surface area (TPSA) is 164 Å². The second kappa shape index (κ2) is 15.8. The van der Waals surface area contributed by atoms with Crippen LogP contribution in [0.25, 0.3) is 0 Å². The Hall–Kier alpha value is -4.81. The van der Waals surface area contributed by atoms with Crippen LogP contribution in [0.2, 0.25) is 0 Å². The van der Waals surface area contributed by atoms with Gasteiger partial charge in [-0.05, 0) is 84.0 Å². The van der Waals surface area contributed by atoms with E-state index in [0.717, 1.165) is 14.7 Å². The van der Waals surface area contributed by atoms with Crippen LogP contribution in [0.15, 0.2) is 77.0 Å². The van der Waals surface area contributed by atoms with Crippen LogP contribution < -0.4 is 30.3 Å². The van der Waals surface area contributed by atoms with Crippen molar-refractivity contribution in [1.29, 1.82) is 5.26 Å². The number of allylic oxidation sites excluding steroid dienone is 1. The van der Waals surface area contributed by atoms with Crippen molar-refractivity contribution in [3.63, 3.8) is 0 Å². The summed E-state index contributed by atoms with van der Waals surface area (Å²) in [4.78, 5) is 24.6. The summed E-state index contributed by atoms with van der Waals surface area (Å²) >= 11 is 2.16. The molecule has 2 atom stereocenters. The van der Waals surface area contributed by atoms with Crippen LogP contribution in [0.3, 0.4) is 0 Å². The Balaban J connectivity index is 1.35. The van der Waals surface area contributed by atoms with E-state index in [4.69, 9.17) is 18.9 Å². The van der Waals surface area contributed by atoms with Gasteiger partial charge in [0.15, 0.2) is 17.7 Å². The monoisotopic (exact) mass is 725 g/mol. The SMILES string of the molecule is CCOc1cc([C@@H]2NC(=O)NC(C)=C2C(=O)OC)ccc1OC[C@H](O)N/N=C\c1ccc(OCc2ccccc2C#N)c(I)c1. The normalized spacial score (nSPS) is 15.0. The minimum absolute atomic E-state index is 0.151. The molecule has 0 unspecified atom stereocenters. The number of hydrazone groups is 1. The zero-order valence-corrected chi connectivity index (χ0v) is 27.0. The summed E-state index contributed by atoms with van der Waals surface area (Å²) in [6, 6.07) is 18.8. The number of rotatable bonds is 13. The molecule has 3 aromatic carbocycles. The molecular weight excluding hydrogens is 693 g/mol. The van der Waals surface area contributed by atoms with E-state index in [1.54, 1.807) is 37.4 Å². The fraction of sp³-hybridized carbons (Fsp3) is 0.250. The lowest BCUT2D eigenvalue weighted by atomic mass is 9.95. The molecule has 12 nitrogen and oxygen atoms in total. The largest absolute Gasteiger partial charge is 0.490 e. The molecule has 13 heteroatoms. The van der Waals surface area contributed by atoms with Crippen molar-refractivity contribution in [2.45, 2.75) is 32.7 Å². The molecule has 0 aliphatic carbocycles. The van der Waals surface area contributed by atoms with Gasteiger partial charge >= 0.3 is 12.0 Å². The van der Waals surface area contributed by atoms with Crippen molar-refractivity contribution < 1.29 is 33.6 Å². The molecule has 0 spiro atoms. The molecule has 234 valence electrons. The lowest BCUT2D eigenvalue weighted by Gasteiger charge is -2.28. The Morgan fingerprint density at radius 1 is 1.13 bits per heavy atom. The molecule has 1 aliphatic heterocycles. The quantitative estimate of drug-likeness (QED) is 0.0663. The highest BCUT2D eigenvalue weighted by molar-refractivity contribution is 14.1. The van der Waals surface area contributed by atoms with Crippen LogP contribution in [0.1, 0.15) is 42.1 Å². The van der Waals surface area contributed by atoms with Crippen molar-refractivity contribution in [1.82, 2.24) is 16.1 Å². The average molecular weight is 726 g/mol. The number of aliphatic hydroxyl groups excluding tert-OH is 1. The fourth-order valence-corrected chi connectivity index (χ4v) is 5.14. The highest BCUT2D eigenvalue weighted by Crippen LogP contribution is 2.35. The lowest BCUT2D eigenvalue weighted by Crippen LogP contribution is -2.45. The Labute approximate surface area is 274 Å². The van der Waals surface area contributed by atoms with E-state index in [2.05, 4.69) is 49.8 Å². The number of ether oxygens (including phenoxy) is 4. The molecule has 0 saturated carbocycles. The molecule has 4 rings (SSSR count). The number of urea groups is 1.